The lowest BCUT2D eigenvalue weighted by molar-refractivity contribution is -0.332. The second-order valence-electron chi connectivity index (χ2n) is 19.0. The van der Waals surface area contributed by atoms with E-state index in [1.54, 1.807) is 0 Å². The van der Waals surface area contributed by atoms with Gasteiger partial charge in [0.05, 0.1) is 26.4 Å². The van der Waals surface area contributed by atoms with Crippen LogP contribution in [0, 0.1) is 0 Å². The van der Waals surface area contributed by atoms with E-state index in [4.69, 9.17) is 28.4 Å². The van der Waals surface area contributed by atoms with Gasteiger partial charge in [0.25, 0.3) is 0 Å². The highest BCUT2D eigenvalue weighted by Crippen LogP contribution is 2.26. The average molecular weight is 1060 g/mol. The summed E-state index contributed by atoms with van der Waals surface area (Å²) >= 11 is 0. The highest BCUT2D eigenvalue weighted by Gasteiger charge is 2.47. The number of allylic oxidation sites excluding steroid dienone is 20. The first-order valence-corrected chi connectivity index (χ1v) is 28.1. The van der Waals surface area contributed by atoms with E-state index in [0.717, 1.165) is 109 Å². The molecule has 2 aliphatic rings. The number of esters is 1. The van der Waals surface area contributed by atoms with E-state index in [9.17, 15) is 40.5 Å². The van der Waals surface area contributed by atoms with E-state index >= 15 is 0 Å². The fraction of sp³-hybridized carbons (Fsp3) is 0.656. The summed E-state index contributed by atoms with van der Waals surface area (Å²) in [7, 11) is 0. The zero-order valence-electron chi connectivity index (χ0n) is 45.5. The number of rotatable bonds is 43. The molecule has 75 heavy (non-hydrogen) atoms. The van der Waals surface area contributed by atoms with E-state index in [1.165, 1.54) is 19.3 Å². The van der Waals surface area contributed by atoms with Crippen molar-refractivity contribution in [2.24, 2.45) is 0 Å². The Kier molecular flexibility index (Phi) is 41.8. The van der Waals surface area contributed by atoms with Crippen molar-refractivity contribution in [3.8, 4) is 0 Å². The van der Waals surface area contributed by atoms with E-state index in [2.05, 4.69) is 135 Å². The predicted molar refractivity (Wildman–Crippen MR) is 297 cm³/mol. The van der Waals surface area contributed by atoms with Crippen molar-refractivity contribution in [3.63, 3.8) is 0 Å². The second-order valence-corrected chi connectivity index (χ2v) is 19.0. The Morgan fingerprint density at radius 2 is 0.827 bits per heavy atom. The van der Waals surface area contributed by atoms with Crippen LogP contribution in [0.1, 0.15) is 155 Å². The molecule has 0 spiro atoms. The largest absolute Gasteiger partial charge is 0.457 e. The van der Waals surface area contributed by atoms with Crippen molar-refractivity contribution < 1.29 is 69.0 Å². The van der Waals surface area contributed by atoms with Crippen LogP contribution in [0.15, 0.2) is 122 Å². The standard InChI is InChI=1S/C61H98O14/c1-3-5-7-9-11-13-15-17-19-21-23-25-26-28-30-32-34-36-38-40-42-44-53(63)73-50(47-70-45-43-41-39-37-35-33-31-29-27-24-22-20-18-16-14-12-10-8-6-4-2)48-71-60-59(69)57(67)55(65)52(75-60)49-72-61-58(68)56(66)54(64)51(46-62)74-61/h5-8,11-14,17-20,23-25,27,31,33,37,39,50-52,54-62,64-69H,3-4,9-10,15-16,21-22,26,28-30,32,34-36,38,40-49H2,1-2H3/b7-5-,8-6-,13-11-,14-12-,19-17-,20-18-,25-23-,27-24-,33-31-,39-37-. The van der Waals surface area contributed by atoms with Crippen molar-refractivity contribution in [1.29, 1.82) is 0 Å². The van der Waals surface area contributed by atoms with Crippen LogP contribution in [0.5, 0.6) is 0 Å². The molecular weight excluding hydrogens is 957 g/mol. The first kappa shape index (κ1) is 67.5. The zero-order chi connectivity index (χ0) is 54.4. The third-order valence-electron chi connectivity index (χ3n) is 12.5. The first-order chi connectivity index (χ1) is 36.6. The highest BCUT2D eigenvalue weighted by molar-refractivity contribution is 5.69. The maximum absolute atomic E-state index is 13.1. The molecule has 0 amide bonds. The molecule has 2 saturated heterocycles. The molecule has 2 rings (SSSR count). The van der Waals surface area contributed by atoms with Crippen molar-refractivity contribution in [3.05, 3.63) is 122 Å². The van der Waals surface area contributed by atoms with Gasteiger partial charge in [0.2, 0.25) is 0 Å². The molecule has 0 aliphatic carbocycles. The smallest absolute Gasteiger partial charge is 0.306 e. The van der Waals surface area contributed by atoms with Crippen LogP contribution in [-0.2, 0) is 33.2 Å². The maximum atomic E-state index is 13.1. The zero-order valence-corrected chi connectivity index (χ0v) is 45.5. The van der Waals surface area contributed by atoms with E-state index in [-0.39, 0.29) is 19.6 Å². The minimum Gasteiger partial charge on any atom is -0.457 e. The van der Waals surface area contributed by atoms with E-state index in [1.807, 2.05) is 0 Å². The van der Waals surface area contributed by atoms with Crippen LogP contribution in [0.2, 0.25) is 0 Å². The van der Waals surface area contributed by atoms with Gasteiger partial charge in [-0.2, -0.15) is 0 Å². The Hall–Kier alpha value is -3.61. The molecule has 0 aromatic carbocycles. The highest BCUT2D eigenvalue weighted by atomic mass is 16.7. The maximum Gasteiger partial charge on any atom is 0.306 e. The van der Waals surface area contributed by atoms with E-state index < -0.39 is 86.7 Å². The number of hydrogen-bond donors (Lipinski definition) is 7. The van der Waals surface area contributed by atoms with Gasteiger partial charge in [-0.15, -0.1) is 0 Å². The number of aliphatic hydroxyl groups excluding tert-OH is 7. The van der Waals surface area contributed by atoms with Crippen LogP contribution in [0.4, 0.5) is 0 Å². The van der Waals surface area contributed by atoms with Gasteiger partial charge in [0, 0.05) is 13.0 Å². The molecule has 0 saturated carbocycles. The molecule has 11 atom stereocenters. The van der Waals surface area contributed by atoms with Gasteiger partial charge in [0.15, 0.2) is 12.6 Å². The van der Waals surface area contributed by atoms with Crippen molar-refractivity contribution >= 4 is 5.97 Å². The molecule has 7 N–H and O–H groups in total. The number of aliphatic hydroxyl groups is 7. The molecule has 14 heteroatoms. The molecular formula is C61H98O14. The Balaban J connectivity index is 1.77. The predicted octanol–water partition coefficient (Wildman–Crippen LogP) is 9.74. The molecule has 2 heterocycles. The van der Waals surface area contributed by atoms with Gasteiger partial charge < -0.3 is 64.2 Å². The second kappa shape index (κ2) is 46.5. The number of hydrogen-bond acceptors (Lipinski definition) is 14. The third-order valence-corrected chi connectivity index (χ3v) is 12.5. The van der Waals surface area contributed by atoms with Crippen LogP contribution >= 0.6 is 0 Å². The lowest BCUT2D eigenvalue weighted by Crippen LogP contribution is -2.61. The summed E-state index contributed by atoms with van der Waals surface area (Å²) in [5.41, 5.74) is 0. The monoisotopic (exact) mass is 1050 g/mol. The fourth-order valence-electron chi connectivity index (χ4n) is 8.00. The Bertz CT molecular complexity index is 1700. The van der Waals surface area contributed by atoms with Gasteiger partial charge >= 0.3 is 5.97 Å². The van der Waals surface area contributed by atoms with Gasteiger partial charge in [-0.3, -0.25) is 4.79 Å². The van der Waals surface area contributed by atoms with Crippen LogP contribution in [0.3, 0.4) is 0 Å². The summed E-state index contributed by atoms with van der Waals surface area (Å²) in [6, 6.07) is 0. The van der Waals surface area contributed by atoms with Crippen molar-refractivity contribution in [1.82, 2.24) is 0 Å². The summed E-state index contributed by atoms with van der Waals surface area (Å²) in [5, 5.41) is 72.3. The van der Waals surface area contributed by atoms with Gasteiger partial charge in [-0.25, -0.2) is 0 Å². The number of carbonyl (C=O) groups is 1. The van der Waals surface area contributed by atoms with Gasteiger partial charge in [0.1, 0.15) is 54.9 Å². The molecule has 11 unspecified atom stereocenters. The summed E-state index contributed by atoms with van der Waals surface area (Å²) < 4.78 is 34.3. The lowest BCUT2D eigenvalue weighted by Gasteiger charge is -2.42. The summed E-state index contributed by atoms with van der Waals surface area (Å²) in [4.78, 5) is 13.1. The minimum atomic E-state index is -1.73. The Morgan fingerprint density at radius 1 is 0.440 bits per heavy atom. The van der Waals surface area contributed by atoms with Crippen LogP contribution in [0.25, 0.3) is 0 Å². The molecule has 0 aromatic heterocycles. The minimum absolute atomic E-state index is 0.00934. The number of ether oxygens (including phenoxy) is 6. The molecule has 0 aromatic rings. The lowest BCUT2D eigenvalue weighted by atomic mass is 9.98. The van der Waals surface area contributed by atoms with Crippen LogP contribution in [-0.4, -0.2) is 142 Å². The van der Waals surface area contributed by atoms with E-state index in [0.29, 0.717) is 13.0 Å². The average Bonchev–Trinajstić information content (AvgIpc) is 3.41. The number of unbranched alkanes of at least 4 members (excludes halogenated alkanes) is 9. The van der Waals surface area contributed by atoms with Gasteiger partial charge in [-0.1, -0.05) is 174 Å². The molecule has 2 aliphatic heterocycles. The Labute approximate surface area is 450 Å². The summed E-state index contributed by atoms with van der Waals surface area (Å²) in [5.74, 6) is -0.410. The molecule has 0 bridgehead atoms. The Morgan fingerprint density at radius 3 is 1.29 bits per heavy atom. The normalized spacial score (nSPS) is 25.6. The topological polar surface area (TPSA) is 214 Å². The molecule has 14 nitrogen and oxygen atoms in total. The van der Waals surface area contributed by atoms with Crippen molar-refractivity contribution in [2.45, 2.75) is 223 Å². The molecule has 426 valence electrons. The summed E-state index contributed by atoms with van der Waals surface area (Å²) in [6.45, 7) is 3.27. The quantitative estimate of drug-likeness (QED) is 0.0172. The number of carbonyl (C=O) groups excluding carboxylic acids is 1. The third kappa shape index (κ3) is 33.3. The SMILES string of the molecule is CC/C=C\C/C=C\C/C=C\C/C=C\C/C=C\C/C=C\CCCOCC(COC1OC(COC2OC(CO)C(O)C(O)C2O)C(O)C(O)C1O)OC(=O)CCCCCCCCCC/C=C\C/C=C\C/C=C\C/C=C\CC. The fourth-order valence-corrected chi connectivity index (χ4v) is 8.00. The van der Waals surface area contributed by atoms with Gasteiger partial charge in [-0.05, 0) is 96.3 Å². The van der Waals surface area contributed by atoms with Crippen molar-refractivity contribution in [2.75, 3.05) is 33.0 Å². The molecule has 2 fully saturated rings. The first-order valence-electron chi connectivity index (χ1n) is 28.1. The summed E-state index contributed by atoms with van der Waals surface area (Å²) in [6.07, 6.45) is 48.3. The molecule has 0 radical (unpaired) electrons. The van der Waals surface area contributed by atoms with Crippen LogP contribution < -0.4 is 0 Å².